The summed E-state index contributed by atoms with van der Waals surface area (Å²) < 4.78 is 16.7. The van der Waals surface area contributed by atoms with Gasteiger partial charge in [-0.25, -0.2) is 9.79 Å². The van der Waals surface area contributed by atoms with Crippen LogP contribution in [0.4, 0.5) is 0 Å². The van der Waals surface area contributed by atoms with E-state index in [4.69, 9.17) is 14.2 Å². The molecule has 0 saturated heterocycles. The number of esters is 1. The molecule has 1 N–H and O–H groups in total. The van der Waals surface area contributed by atoms with Crippen molar-refractivity contribution >= 4 is 18.5 Å². The zero-order valence-electron chi connectivity index (χ0n) is 15.8. The number of carbonyl (C=O) groups excluding carboxylic acids is 1. The van der Waals surface area contributed by atoms with Gasteiger partial charge in [-0.2, -0.15) is 10.2 Å². The van der Waals surface area contributed by atoms with Crippen LogP contribution in [-0.2, 0) is 19.0 Å². The number of rotatable bonds is 6. The van der Waals surface area contributed by atoms with E-state index in [1.54, 1.807) is 6.92 Å². The molecule has 2 aliphatic rings. The lowest BCUT2D eigenvalue weighted by molar-refractivity contribution is -0.256. The summed E-state index contributed by atoms with van der Waals surface area (Å²) in [6, 6.07) is 0. The number of carbonyl (C=O) groups is 1. The van der Waals surface area contributed by atoms with E-state index < -0.39 is 11.8 Å². The third kappa shape index (κ3) is 4.80. The van der Waals surface area contributed by atoms with Crippen LogP contribution in [0, 0.1) is 11.8 Å². The smallest absolute Gasteiger partial charge is 0.369 e. The van der Waals surface area contributed by atoms with Gasteiger partial charge in [-0.1, -0.05) is 13.8 Å². The highest BCUT2D eigenvalue weighted by Crippen LogP contribution is 2.43. The summed E-state index contributed by atoms with van der Waals surface area (Å²) in [5, 5.41) is 11.2. The van der Waals surface area contributed by atoms with Crippen LogP contribution in [0.1, 0.15) is 46.5 Å². The highest BCUT2D eigenvalue weighted by Gasteiger charge is 2.47. The predicted molar refractivity (Wildman–Crippen MR) is 96.3 cm³/mol. The number of amidine groups is 1. The van der Waals surface area contributed by atoms with Gasteiger partial charge in [-0.05, 0) is 31.6 Å². The summed E-state index contributed by atoms with van der Waals surface area (Å²) >= 11 is 0. The van der Waals surface area contributed by atoms with Crippen molar-refractivity contribution in [1.82, 2.24) is 5.43 Å². The lowest BCUT2D eigenvalue weighted by Crippen LogP contribution is -2.45. The van der Waals surface area contributed by atoms with Crippen molar-refractivity contribution in [3.05, 3.63) is 11.6 Å². The van der Waals surface area contributed by atoms with Gasteiger partial charge in [0, 0.05) is 19.6 Å². The topological polar surface area (TPSA) is 106 Å². The number of nitrogens with one attached hydrogen (secondary N) is 1. The fraction of sp³-hybridized carbons (Fsp3) is 0.706. The number of hydrazone groups is 1. The lowest BCUT2D eigenvalue weighted by Gasteiger charge is -2.42. The third-order valence-corrected chi connectivity index (χ3v) is 4.65. The molecule has 0 radical (unpaired) electrons. The Morgan fingerprint density at radius 3 is 2.65 bits per heavy atom. The van der Waals surface area contributed by atoms with E-state index in [1.807, 2.05) is 0 Å². The number of methoxy groups -OCH3 is 1. The number of hydrogen-bond acceptors (Lipinski definition) is 8. The van der Waals surface area contributed by atoms with Gasteiger partial charge in [0.2, 0.25) is 0 Å². The molecule has 1 aliphatic carbocycles. The third-order valence-electron chi connectivity index (χ3n) is 4.65. The highest BCUT2D eigenvalue weighted by atomic mass is 16.8. The maximum Gasteiger partial charge on any atom is 0.369 e. The molecule has 9 heteroatoms. The molecule has 1 fully saturated rings. The first kappa shape index (κ1) is 19.9. The Morgan fingerprint density at radius 2 is 2.08 bits per heavy atom. The summed E-state index contributed by atoms with van der Waals surface area (Å²) in [6.45, 7) is 9.43. The Morgan fingerprint density at radius 1 is 1.38 bits per heavy atom. The van der Waals surface area contributed by atoms with Crippen LogP contribution in [0.2, 0.25) is 0 Å². The van der Waals surface area contributed by atoms with Crippen LogP contribution in [0.5, 0.6) is 0 Å². The van der Waals surface area contributed by atoms with Gasteiger partial charge in [0.05, 0.1) is 7.11 Å². The Hall–Kier alpha value is -2.45. The van der Waals surface area contributed by atoms with Crippen LogP contribution in [0.15, 0.2) is 32.0 Å². The Balaban J connectivity index is 2.06. The van der Waals surface area contributed by atoms with Gasteiger partial charge in [0.1, 0.15) is 5.84 Å². The summed E-state index contributed by atoms with van der Waals surface area (Å²) in [7, 11) is 1.43. The molecular formula is C17H27N5O4. The maximum absolute atomic E-state index is 12.4. The number of ether oxygens (including phenoxy) is 3. The van der Waals surface area contributed by atoms with E-state index in [1.165, 1.54) is 7.11 Å². The van der Waals surface area contributed by atoms with Gasteiger partial charge >= 0.3 is 11.9 Å². The van der Waals surface area contributed by atoms with Crippen molar-refractivity contribution in [2.24, 2.45) is 32.2 Å². The highest BCUT2D eigenvalue weighted by molar-refractivity contribution is 5.89. The first-order valence-electron chi connectivity index (χ1n) is 8.71. The summed E-state index contributed by atoms with van der Waals surface area (Å²) in [6.07, 6.45) is 3.17. The standard InChI is InChI=1S/C17H27N5O4/c1-11(2)13-6-8-17(9-7-13)25-15(23)14(16(24-5)26-17)22-20-10-19-12(3)21-18-4/h11,13H,4,6-10H2,1-3,5H3,(H,19,21). The SMILES string of the molecule is C=NN/C(C)=N\CN=NC1=C(OC)OC2(CCC(C(C)C)CC2)OC1=O. The van der Waals surface area contributed by atoms with Crippen molar-refractivity contribution in [3.63, 3.8) is 0 Å². The monoisotopic (exact) mass is 365 g/mol. The molecule has 0 aromatic rings. The normalized spacial score (nSPS) is 26.9. The van der Waals surface area contributed by atoms with Crippen molar-refractivity contribution in [2.45, 2.75) is 52.2 Å². The van der Waals surface area contributed by atoms with Crippen LogP contribution < -0.4 is 5.43 Å². The Bertz CT molecular complexity index is 619. The quantitative estimate of drug-likeness (QED) is 0.256. The van der Waals surface area contributed by atoms with Crippen molar-refractivity contribution in [3.8, 4) is 0 Å². The second kappa shape index (κ2) is 8.77. The zero-order valence-corrected chi connectivity index (χ0v) is 15.8. The van der Waals surface area contributed by atoms with E-state index in [0.29, 0.717) is 30.5 Å². The predicted octanol–water partition coefficient (Wildman–Crippen LogP) is 2.95. The molecule has 0 atom stereocenters. The van der Waals surface area contributed by atoms with Crippen molar-refractivity contribution < 1.29 is 19.0 Å². The average Bonchev–Trinajstić information content (AvgIpc) is 2.60. The minimum atomic E-state index is -0.957. The number of nitrogens with zero attached hydrogens (tertiary/aromatic N) is 4. The van der Waals surface area contributed by atoms with Gasteiger partial charge in [0.25, 0.3) is 11.5 Å². The van der Waals surface area contributed by atoms with E-state index in [0.717, 1.165) is 12.8 Å². The first-order valence-corrected chi connectivity index (χ1v) is 8.71. The number of aliphatic imine (C=N–C) groups is 1. The average molecular weight is 365 g/mol. The molecule has 26 heavy (non-hydrogen) atoms. The van der Waals surface area contributed by atoms with Crippen molar-refractivity contribution in [2.75, 3.05) is 13.8 Å². The molecule has 0 unspecified atom stereocenters. The molecule has 1 aliphatic heterocycles. The maximum atomic E-state index is 12.4. The fourth-order valence-electron chi connectivity index (χ4n) is 3.10. The van der Waals surface area contributed by atoms with Gasteiger partial charge in [0.15, 0.2) is 6.67 Å². The Labute approximate surface area is 153 Å². The molecule has 2 rings (SSSR count). The molecular weight excluding hydrogens is 338 g/mol. The Kier molecular flexibility index (Phi) is 6.70. The minimum absolute atomic E-state index is 0.0172. The molecule has 9 nitrogen and oxygen atoms in total. The number of azo groups is 1. The van der Waals surface area contributed by atoms with E-state index in [-0.39, 0.29) is 18.3 Å². The molecule has 0 aromatic heterocycles. The molecule has 0 aromatic carbocycles. The second-order valence-corrected chi connectivity index (χ2v) is 6.72. The van der Waals surface area contributed by atoms with Crippen LogP contribution in [0.3, 0.4) is 0 Å². The van der Waals surface area contributed by atoms with Crippen molar-refractivity contribution in [1.29, 1.82) is 0 Å². The second-order valence-electron chi connectivity index (χ2n) is 6.72. The van der Waals surface area contributed by atoms with Gasteiger partial charge in [-0.15, -0.1) is 5.11 Å². The summed E-state index contributed by atoms with van der Waals surface area (Å²) in [5.41, 5.74) is 2.48. The lowest BCUT2D eigenvalue weighted by atomic mass is 9.79. The summed E-state index contributed by atoms with van der Waals surface area (Å²) in [4.78, 5) is 16.5. The molecule has 0 amide bonds. The first-order chi connectivity index (χ1) is 12.4. The minimum Gasteiger partial charge on any atom is -0.467 e. The van der Waals surface area contributed by atoms with Gasteiger partial charge in [-0.3, -0.25) is 5.43 Å². The largest absolute Gasteiger partial charge is 0.467 e. The van der Waals surface area contributed by atoms with Crippen LogP contribution in [0.25, 0.3) is 0 Å². The van der Waals surface area contributed by atoms with E-state index in [2.05, 4.69) is 46.3 Å². The molecule has 1 heterocycles. The van der Waals surface area contributed by atoms with Crippen LogP contribution >= 0.6 is 0 Å². The molecule has 144 valence electrons. The van der Waals surface area contributed by atoms with E-state index in [9.17, 15) is 4.79 Å². The number of hydrogen-bond donors (Lipinski definition) is 1. The summed E-state index contributed by atoms with van der Waals surface area (Å²) in [5.74, 6) is 0.234. The molecule has 0 bridgehead atoms. The van der Waals surface area contributed by atoms with Gasteiger partial charge < -0.3 is 14.2 Å². The molecule has 1 saturated carbocycles. The van der Waals surface area contributed by atoms with Crippen LogP contribution in [-0.4, -0.2) is 38.1 Å². The molecule has 1 spiro atoms. The zero-order chi connectivity index (χ0) is 19.2. The fourth-order valence-corrected chi connectivity index (χ4v) is 3.10. The van der Waals surface area contributed by atoms with E-state index >= 15 is 0 Å².